The summed E-state index contributed by atoms with van der Waals surface area (Å²) in [5.74, 6) is 0.324. The lowest BCUT2D eigenvalue weighted by Gasteiger charge is -2.16. The van der Waals surface area contributed by atoms with E-state index in [0.29, 0.717) is 35.1 Å². The number of aliphatic hydroxyl groups excluding tert-OH is 2. The maximum absolute atomic E-state index is 11.0. The van der Waals surface area contributed by atoms with Crippen molar-refractivity contribution in [1.82, 2.24) is 0 Å². The van der Waals surface area contributed by atoms with E-state index in [-0.39, 0.29) is 30.5 Å². The highest BCUT2D eigenvalue weighted by Gasteiger charge is 2.16. The lowest BCUT2D eigenvalue weighted by molar-refractivity contribution is 0.275. The van der Waals surface area contributed by atoms with Gasteiger partial charge in [-0.3, -0.25) is 0 Å². The fourth-order valence-corrected chi connectivity index (χ4v) is 5.27. The molecule has 0 saturated heterocycles. The zero-order chi connectivity index (χ0) is 28.2. The van der Waals surface area contributed by atoms with Gasteiger partial charge in [-0.15, -0.1) is 0 Å². The van der Waals surface area contributed by atoms with Crippen molar-refractivity contribution in [1.29, 1.82) is 0 Å². The normalized spacial score (nSPS) is 11.1. The van der Waals surface area contributed by atoms with Gasteiger partial charge in [-0.05, 0) is 76.6 Å². The Labute approximate surface area is 233 Å². The van der Waals surface area contributed by atoms with Crippen molar-refractivity contribution in [3.05, 3.63) is 136 Å². The molecule has 0 aliphatic heterocycles. The van der Waals surface area contributed by atoms with Crippen LogP contribution in [0.15, 0.2) is 97.1 Å². The third kappa shape index (κ3) is 5.57. The van der Waals surface area contributed by atoms with Crippen molar-refractivity contribution in [2.75, 3.05) is 0 Å². The summed E-state index contributed by atoms with van der Waals surface area (Å²) in [7, 11) is 0. The summed E-state index contributed by atoms with van der Waals surface area (Å²) in [6.45, 7) is 1.28. The summed E-state index contributed by atoms with van der Waals surface area (Å²) >= 11 is 0. The molecule has 0 aliphatic carbocycles. The maximum Gasteiger partial charge on any atom is 0.128 e. The third-order valence-corrected chi connectivity index (χ3v) is 7.25. The molecular weight excluding hydrogens is 500 g/mol. The SMILES string of the molecule is Cc1cc(Cc2cc(CO)c(O)c(-c3ccccc3)c2)cc(Cc2cc(CO)c(O)c(-c3ccccc3)c2)c1O. The molecule has 0 saturated carbocycles. The molecule has 40 heavy (non-hydrogen) atoms. The summed E-state index contributed by atoms with van der Waals surface area (Å²) in [5, 5.41) is 52.3. The zero-order valence-corrected chi connectivity index (χ0v) is 22.3. The van der Waals surface area contributed by atoms with Gasteiger partial charge in [0, 0.05) is 28.7 Å². The quantitative estimate of drug-likeness (QED) is 0.155. The molecule has 0 spiro atoms. The van der Waals surface area contributed by atoms with Crippen LogP contribution in [0.1, 0.15) is 38.9 Å². The smallest absolute Gasteiger partial charge is 0.128 e. The van der Waals surface area contributed by atoms with Gasteiger partial charge in [-0.2, -0.15) is 0 Å². The number of phenolic OH excluding ortho intramolecular Hbond substituents is 1. The van der Waals surface area contributed by atoms with Crippen molar-refractivity contribution in [2.45, 2.75) is 33.0 Å². The molecule has 0 fully saturated rings. The molecule has 0 radical (unpaired) electrons. The van der Waals surface area contributed by atoms with Crippen LogP contribution in [0.3, 0.4) is 0 Å². The van der Waals surface area contributed by atoms with Crippen LogP contribution in [0.2, 0.25) is 0 Å². The highest BCUT2D eigenvalue weighted by Crippen LogP contribution is 2.37. The van der Waals surface area contributed by atoms with E-state index >= 15 is 0 Å². The molecule has 5 aromatic carbocycles. The molecule has 0 aliphatic rings. The van der Waals surface area contributed by atoms with Crippen molar-refractivity contribution in [3.63, 3.8) is 0 Å². The van der Waals surface area contributed by atoms with Crippen LogP contribution >= 0.6 is 0 Å². The number of aryl methyl sites for hydroxylation is 1. The highest BCUT2D eigenvalue weighted by molar-refractivity contribution is 5.74. The van der Waals surface area contributed by atoms with E-state index in [1.54, 1.807) is 6.07 Å². The second-order valence-electron chi connectivity index (χ2n) is 10.1. The van der Waals surface area contributed by atoms with Crippen LogP contribution in [0.4, 0.5) is 0 Å². The molecule has 5 heteroatoms. The Kier molecular flexibility index (Phi) is 7.87. The monoisotopic (exact) mass is 532 g/mol. The number of phenols is 3. The van der Waals surface area contributed by atoms with Gasteiger partial charge >= 0.3 is 0 Å². The van der Waals surface area contributed by atoms with Gasteiger partial charge in [0.15, 0.2) is 0 Å². The lowest BCUT2D eigenvalue weighted by Crippen LogP contribution is -1.99. The van der Waals surface area contributed by atoms with E-state index in [2.05, 4.69) is 0 Å². The first-order valence-electron chi connectivity index (χ1n) is 13.2. The van der Waals surface area contributed by atoms with Crippen molar-refractivity contribution in [3.8, 4) is 39.5 Å². The molecule has 5 rings (SSSR count). The van der Waals surface area contributed by atoms with Gasteiger partial charge in [0.2, 0.25) is 0 Å². The van der Waals surface area contributed by atoms with Gasteiger partial charge in [-0.1, -0.05) is 72.8 Å². The number of benzene rings is 5. The topological polar surface area (TPSA) is 101 Å². The Hall–Kier alpha value is -4.58. The predicted octanol–water partition coefficient (Wildman–Crippen LogP) is 6.61. The summed E-state index contributed by atoms with van der Waals surface area (Å²) < 4.78 is 0. The average molecular weight is 533 g/mol. The van der Waals surface area contributed by atoms with E-state index < -0.39 is 0 Å². The number of aliphatic hydroxyl groups is 2. The second-order valence-corrected chi connectivity index (χ2v) is 10.1. The molecule has 0 amide bonds. The minimum atomic E-state index is -0.303. The summed E-state index contributed by atoms with van der Waals surface area (Å²) in [4.78, 5) is 0. The highest BCUT2D eigenvalue weighted by atomic mass is 16.3. The minimum absolute atomic E-state index is 0.0489. The molecule has 5 nitrogen and oxygen atoms in total. The van der Waals surface area contributed by atoms with Gasteiger partial charge in [0.1, 0.15) is 17.2 Å². The lowest BCUT2D eigenvalue weighted by atomic mass is 9.91. The molecule has 5 aromatic rings. The summed E-state index contributed by atoms with van der Waals surface area (Å²) in [6, 6.07) is 30.4. The molecule has 0 heterocycles. The fourth-order valence-electron chi connectivity index (χ4n) is 5.27. The Bertz CT molecular complexity index is 1640. The van der Waals surface area contributed by atoms with E-state index in [1.807, 2.05) is 97.9 Å². The third-order valence-electron chi connectivity index (χ3n) is 7.25. The molecular formula is C35H32O5. The predicted molar refractivity (Wildman–Crippen MR) is 157 cm³/mol. The van der Waals surface area contributed by atoms with Crippen LogP contribution < -0.4 is 0 Å². The molecule has 0 aromatic heterocycles. The molecule has 5 N–H and O–H groups in total. The number of aromatic hydroxyl groups is 3. The van der Waals surface area contributed by atoms with Crippen molar-refractivity contribution < 1.29 is 25.5 Å². The van der Waals surface area contributed by atoms with E-state index in [1.165, 1.54) is 0 Å². The van der Waals surface area contributed by atoms with E-state index in [9.17, 15) is 25.5 Å². The van der Waals surface area contributed by atoms with Gasteiger partial charge in [0.05, 0.1) is 13.2 Å². The maximum atomic E-state index is 11.0. The van der Waals surface area contributed by atoms with Gasteiger partial charge in [0.25, 0.3) is 0 Å². The first-order valence-corrected chi connectivity index (χ1v) is 13.2. The minimum Gasteiger partial charge on any atom is -0.507 e. The molecule has 0 unspecified atom stereocenters. The molecule has 202 valence electrons. The Balaban J connectivity index is 1.51. The van der Waals surface area contributed by atoms with Crippen molar-refractivity contribution >= 4 is 0 Å². The molecule has 0 atom stereocenters. The number of rotatable bonds is 8. The Morgan fingerprint density at radius 2 is 0.900 bits per heavy atom. The molecule has 0 bridgehead atoms. The Morgan fingerprint density at radius 1 is 0.475 bits per heavy atom. The van der Waals surface area contributed by atoms with Crippen molar-refractivity contribution in [2.24, 2.45) is 0 Å². The largest absolute Gasteiger partial charge is 0.507 e. The number of hydrogen-bond acceptors (Lipinski definition) is 5. The van der Waals surface area contributed by atoms with Crippen LogP contribution in [0.5, 0.6) is 17.2 Å². The van der Waals surface area contributed by atoms with Gasteiger partial charge in [-0.25, -0.2) is 0 Å². The van der Waals surface area contributed by atoms with Gasteiger partial charge < -0.3 is 25.5 Å². The fraction of sp³-hybridized carbons (Fsp3) is 0.143. The second kappa shape index (κ2) is 11.7. The summed E-state index contributed by atoms with van der Waals surface area (Å²) in [5.41, 5.74) is 8.10. The van der Waals surface area contributed by atoms with Crippen LogP contribution in [0.25, 0.3) is 22.3 Å². The van der Waals surface area contributed by atoms with Crippen LogP contribution in [-0.2, 0) is 26.1 Å². The average Bonchev–Trinajstić information content (AvgIpc) is 2.98. The Morgan fingerprint density at radius 3 is 1.38 bits per heavy atom. The first-order chi connectivity index (χ1) is 19.4. The summed E-state index contributed by atoms with van der Waals surface area (Å²) in [6.07, 6.45) is 0.939. The van der Waals surface area contributed by atoms with E-state index in [4.69, 9.17) is 0 Å². The standard InChI is InChI=1S/C35H32O5/c1-22-12-23(13-24-16-29(20-36)34(39)31(18-24)26-8-4-2-5-9-26)14-28(33(22)38)15-25-17-30(21-37)35(40)32(19-25)27-10-6-3-7-11-27/h2-12,14,16-19,36-40H,13,15,20-21H2,1H3. The van der Waals surface area contributed by atoms with Crippen LogP contribution in [-0.4, -0.2) is 25.5 Å². The first kappa shape index (κ1) is 27.0. The zero-order valence-electron chi connectivity index (χ0n) is 22.3. The van der Waals surface area contributed by atoms with E-state index in [0.717, 1.165) is 38.9 Å². The van der Waals surface area contributed by atoms with Crippen LogP contribution in [0, 0.1) is 6.92 Å². The number of hydrogen-bond donors (Lipinski definition) is 5.